The summed E-state index contributed by atoms with van der Waals surface area (Å²) in [6.07, 6.45) is -6.47. The first kappa shape index (κ1) is 12.0. The van der Waals surface area contributed by atoms with E-state index < -0.39 is 18.6 Å². The Morgan fingerprint density at radius 1 is 1.46 bits per heavy atom. The van der Waals surface area contributed by atoms with Crippen LogP contribution in [0.2, 0.25) is 0 Å². The van der Waals surface area contributed by atoms with Crippen molar-refractivity contribution in [1.82, 2.24) is 0 Å². The van der Waals surface area contributed by atoms with Crippen molar-refractivity contribution in [1.29, 1.82) is 0 Å². The highest BCUT2D eigenvalue weighted by atomic mass is 19.4. The molecule has 0 radical (unpaired) electrons. The number of rotatable bonds is 3. The Kier molecular flexibility index (Phi) is 3.93. The molecule has 0 amide bonds. The second kappa shape index (κ2) is 4.27. The predicted molar refractivity (Wildman–Crippen MR) is 37.5 cm³/mol. The topological polar surface area (TPSA) is 35.5 Å². The minimum atomic E-state index is -4.81. The van der Waals surface area contributed by atoms with Gasteiger partial charge in [-0.25, -0.2) is 4.79 Å². The Hall–Kier alpha value is -1.04. The maximum Gasteiger partial charge on any atom is 0.525 e. The lowest BCUT2D eigenvalue weighted by Gasteiger charge is -2.15. The van der Waals surface area contributed by atoms with Gasteiger partial charge < -0.3 is 4.74 Å². The molecule has 3 nitrogen and oxygen atoms in total. The van der Waals surface area contributed by atoms with Crippen molar-refractivity contribution in [3.8, 4) is 0 Å². The SMILES string of the molecule is C=C(C)C(=O)OC(C)OC(F)(F)F. The third kappa shape index (κ3) is 6.15. The summed E-state index contributed by atoms with van der Waals surface area (Å²) in [4.78, 5) is 10.7. The average molecular weight is 198 g/mol. The number of carbonyl (C=O) groups excluding carboxylic acids is 1. The van der Waals surface area contributed by atoms with E-state index in [1.807, 2.05) is 0 Å². The monoisotopic (exact) mass is 198 g/mol. The molecule has 0 aromatic carbocycles. The smallest absolute Gasteiger partial charge is 0.432 e. The molecule has 0 rings (SSSR count). The average Bonchev–Trinajstić information content (AvgIpc) is 1.81. The fourth-order valence-electron chi connectivity index (χ4n) is 0.464. The molecule has 0 N–H and O–H groups in total. The van der Waals surface area contributed by atoms with E-state index in [-0.39, 0.29) is 5.57 Å². The zero-order chi connectivity index (χ0) is 10.6. The molecule has 1 unspecified atom stereocenters. The number of hydrogen-bond donors (Lipinski definition) is 0. The molecule has 0 saturated heterocycles. The Morgan fingerprint density at radius 3 is 2.23 bits per heavy atom. The summed E-state index contributed by atoms with van der Waals surface area (Å²) in [5.74, 6) is -0.920. The van der Waals surface area contributed by atoms with Crippen LogP contribution >= 0.6 is 0 Å². The van der Waals surface area contributed by atoms with Gasteiger partial charge in [0.1, 0.15) is 0 Å². The van der Waals surface area contributed by atoms with E-state index >= 15 is 0 Å². The van der Waals surface area contributed by atoms with Crippen LogP contribution < -0.4 is 0 Å². The molecule has 0 heterocycles. The third-order valence-electron chi connectivity index (χ3n) is 0.921. The van der Waals surface area contributed by atoms with E-state index in [0.717, 1.165) is 6.92 Å². The van der Waals surface area contributed by atoms with E-state index in [9.17, 15) is 18.0 Å². The maximum absolute atomic E-state index is 11.5. The molecule has 6 heteroatoms. The van der Waals surface area contributed by atoms with Gasteiger partial charge in [0, 0.05) is 5.57 Å². The van der Waals surface area contributed by atoms with Crippen molar-refractivity contribution >= 4 is 5.97 Å². The van der Waals surface area contributed by atoms with Gasteiger partial charge in [-0.1, -0.05) is 6.58 Å². The van der Waals surface area contributed by atoms with Crippen molar-refractivity contribution in [2.24, 2.45) is 0 Å². The van der Waals surface area contributed by atoms with Gasteiger partial charge in [0.25, 0.3) is 0 Å². The first-order valence-electron chi connectivity index (χ1n) is 3.33. The van der Waals surface area contributed by atoms with Gasteiger partial charge in [-0.15, -0.1) is 13.2 Å². The standard InChI is InChI=1S/C7H9F3O3/c1-4(2)6(11)12-5(3)13-7(8,9)10/h5H,1H2,2-3H3. The zero-order valence-electron chi connectivity index (χ0n) is 7.14. The highest BCUT2D eigenvalue weighted by molar-refractivity contribution is 5.86. The van der Waals surface area contributed by atoms with Crippen LogP contribution in [0, 0.1) is 0 Å². The van der Waals surface area contributed by atoms with Crippen LogP contribution in [0.15, 0.2) is 12.2 Å². The molecule has 1 atom stereocenters. The summed E-state index contributed by atoms with van der Waals surface area (Å²) >= 11 is 0. The summed E-state index contributed by atoms with van der Waals surface area (Å²) in [6.45, 7) is 5.48. The van der Waals surface area contributed by atoms with Gasteiger partial charge in [0.2, 0.25) is 6.29 Å². The molecule has 0 aromatic rings. The molecule has 0 aliphatic rings. The lowest BCUT2D eigenvalue weighted by molar-refractivity contribution is -0.368. The number of alkyl halides is 3. The van der Waals surface area contributed by atoms with E-state index in [1.54, 1.807) is 0 Å². The molecule has 0 aliphatic heterocycles. The van der Waals surface area contributed by atoms with Crippen LogP contribution in [0.25, 0.3) is 0 Å². The van der Waals surface area contributed by atoms with Crippen LogP contribution in [0.4, 0.5) is 13.2 Å². The van der Waals surface area contributed by atoms with Crippen LogP contribution in [-0.2, 0) is 14.3 Å². The second-order valence-electron chi connectivity index (χ2n) is 2.32. The minimum absolute atomic E-state index is 0.0117. The Labute approximate surface area is 73.1 Å². The Morgan fingerprint density at radius 2 is 1.92 bits per heavy atom. The van der Waals surface area contributed by atoms with Crippen LogP contribution in [0.1, 0.15) is 13.8 Å². The summed E-state index contributed by atoms with van der Waals surface area (Å²) in [7, 11) is 0. The fraction of sp³-hybridized carbons (Fsp3) is 0.571. The lowest BCUT2D eigenvalue weighted by Crippen LogP contribution is -2.26. The molecule has 0 spiro atoms. The summed E-state index contributed by atoms with van der Waals surface area (Å²) < 4.78 is 42.1. The lowest BCUT2D eigenvalue weighted by atomic mass is 10.4. The third-order valence-corrected chi connectivity index (χ3v) is 0.921. The quantitative estimate of drug-likeness (QED) is 0.395. The van der Waals surface area contributed by atoms with Crippen molar-refractivity contribution in [2.45, 2.75) is 26.5 Å². The molecular weight excluding hydrogens is 189 g/mol. The van der Waals surface area contributed by atoms with Gasteiger partial charge >= 0.3 is 12.3 Å². The van der Waals surface area contributed by atoms with Gasteiger partial charge in [-0.3, -0.25) is 4.74 Å². The highest BCUT2D eigenvalue weighted by Gasteiger charge is 2.33. The van der Waals surface area contributed by atoms with Crippen molar-refractivity contribution in [3.63, 3.8) is 0 Å². The van der Waals surface area contributed by atoms with Gasteiger partial charge in [0.05, 0.1) is 0 Å². The molecule has 76 valence electrons. The zero-order valence-corrected chi connectivity index (χ0v) is 7.14. The van der Waals surface area contributed by atoms with E-state index in [1.165, 1.54) is 6.92 Å². The summed E-state index contributed by atoms with van der Waals surface area (Å²) in [6, 6.07) is 0. The fourth-order valence-corrected chi connectivity index (χ4v) is 0.464. The van der Waals surface area contributed by atoms with Crippen LogP contribution in [0.3, 0.4) is 0 Å². The molecule has 13 heavy (non-hydrogen) atoms. The number of hydrogen-bond acceptors (Lipinski definition) is 3. The maximum atomic E-state index is 11.5. The first-order chi connectivity index (χ1) is 5.72. The number of ether oxygens (including phenoxy) is 2. The van der Waals surface area contributed by atoms with Crippen molar-refractivity contribution < 1.29 is 27.4 Å². The van der Waals surface area contributed by atoms with Gasteiger partial charge in [-0.05, 0) is 13.8 Å². The molecule has 0 aromatic heterocycles. The van der Waals surface area contributed by atoms with Crippen LogP contribution in [0.5, 0.6) is 0 Å². The Balaban J connectivity index is 3.95. The largest absolute Gasteiger partial charge is 0.525 e. The van der Waals surface area contributed by atoms with Gasteiger partial charge in [-0.2, -0.15) is 0 Å². The predicted octanol–water partition coefficient (Wildman–Crippen LogP) is 1.99. The molecule has 0 saturated carbocycles. The summed E-state index contributed by atoms with van der Waals surface area (Å²) in [5, 5.41) is 0. The molecular formula is C7H9F3O3. The molecule has 0 bridgehead atoms. The second-order valence-corrected chi connectivity index (χ2v) is 2.32. The van der Waals surface area contributed by atoms with E-state index in [2.05, 4.69) is 16.1 Å². The van der Waals surface area contributed by atoms with Crippen LogP contribution in [-0.4, -0.2) is 18.6 Å². The highest BCUT2D eigenvalue weighted by Crippen LogP contribution is 2.19. The first-order valence-corrected chi connectivity index (χ1v) is 3.33. The van der Waals surface area contributed by atoms with Crippen molar-refractivity contribution in [3.05, 3.63) is 12.2 Å². The number of esters is 1. The minimum Gasteiger partial charge on any atom is -0.432 e. The summed E-state index contributed by atoms with van der Waals surface area (Å²) in [5.41, 5.74) is 0.0117. The number of halogens is 3. The molecule has 0 fully saturated rings. The van der Waals surface area contributed by atoms with E-state index in [4.69, 9.17) is 0 Å². The number of carbonyl (C=O) groups is 1. The molecule has 0 aliphatic carbocycles. The van der Waals surface area contributed by atoms with Crippen molar-refractivity contribution in [2.75, 3.05) is 0 Å². The normalized spacial score (nSPS) is 13.6. The van der Waals surface area contributed by atoms with Gasteiger partial charge in [0.15, 0.2) is 0 Å². The van der Waals surface area contributed by atoms with E-state index in [0.29, 0.717) is 0 Å². The Bertz CT molecular complexity index is 210.